The normalized spacial score (nSPS) is 16.6. The second kappa shape index (κ2) is 10.2. The highest BCUT2D eigenvalue weighted by Gasteiger charge is 2.22. The highest BCUT2D eigenvalue weighted by atomic mass is 35.5. The third-order valence-electron chi connectivity index (χ3n) is 4.54. The van der Waals surface area contributed by atoms with E-state index in [0.717, 1.165) is 18.4 Å². The second-order valence-electron chi connectivity index (χ2n) is 6.92. The van der Waals surface area contributed by atoms with Gasteiger partial charge in [0.2, 0.25) is 0 Å². The number of nitrogens with two attached hydrogens (primary N) is 2. The van der Waals surface area contributed by atoms with Gasteiger partial charge >= 0.3 is 0 Å². The van der Waals surface area contributed by atoms with E-state index in [1.165, 1.54) is 0 Å². The van der Waals surface area contributed by atoms with Crippen molar-refractivity contribution >= 4 is 35.1 Å². The number of nitrogens with one attached hydrogen (secondary N) is 3. The zero-order valence-corrected chi connectivity index (χ0v) is 17.1. The number of benzene rings is 1. The van der Waals surface area contributed by atoms with Crippen molar-refractivity contribution in [2.45, 2.75) is 31.5 Å². The van der Waals surface area contributed by atoms with Gasteiger partial charge in [-0.2, -0.15) is 0 Å². The number of aliphatic hydroxyl groups excluding tert-OH is 1. The molecular weight excluding hydrogens is 408 g/mol. The number of amides is 1. The molecule has 1 unspecified atom stereocenters. The SMILES string of the molecule is Nc1nc(N)c(C(=O)NC2=NC[C@H](CCCNC(O)Cc3ccccc3)N2)nc1Cl. The fraction of sp³-hybridized carbons (Fsp3) is 0.368. The van der Waals surface area contributed by atoms with Gasteiger partial charge in [-0.15, -0.1) is 0 Å². The van der Waals surface area contributed by atoms with Crippen LogP contribution in [0.4, 0.5) is 11.6 Å². The summed E-state index contributed by atoms with van der Waals surface area (Å²) >= 11 is 5.80. The molecule has 0 radical (unpaired) electrons. The van der Waals surface area contributed by atoms with Crippen molar-refractivity contribution in [1.29, 1.82) is 0 Å². The van der Waals surface area contributed by atoms with E-state index in [0.29, 0.717) is 25.5 Å². The Balaban J connectivity index is 1.36. The summed E-state index contributed by atoms with van der Waals surface area (Å²) in [7, 11) is 0. The molecule has 0 saturated heterocycles. The number of aliphatic imine (C=N–C) groups is 1. The van der Waals surface area contributed by atoms with Gasteiger partial charge in [-0.05, 0) is 24.9 Å². The van der Waals surface area contributed by atoms with E-state index < -0.39 is 12.1 Å². The Bertz CT molecular complexity index is 909. The minimum absolute atomic E-state index is 0.0374. The molecule has 1 aromatic carbocycles. The van der Waals surface area contributed by atoms with Gasteiger partial charge in [-0.1, -0.05) is 41.9 Å². The molecule has 0 aliphatic carbocycles. The first-order valence-corrected chi connectivity index (χ1v) is 9.96. The average Bonchev–Trinajstić information content (AvgIpc) is 3.16. The summed E-state index contributed by atoms with van der Waals surface area (Å²) in [5.41, 5.74) is 12.2. The highest BCUT2D eigenvalue weighted by Crippen LogP contribution is 2.17. The summed E-state index contributed by atoms with van der Waals surface area (Å²) < 4.78 is 0. The fourth-order valence-electron chi connectivity index (χ4n) is 3.03. The van der Waals surface area contributed by atoms with Gasteiger partial charge in [0.05, 0.1) is 6.54 Å². The quantitative estimate of drug-likeness (QED) is 0.256. The van der Waals surface area contributed by atoms with E-state index in [4.69, 9.17) is 23.1 Å². The lowest BCUT2D eigenvalue weighted by Gasteiger charge is -2.15. The molecule has 1 amide bonds. The standard InChI is InChI=1S/C19H25ClN8O2/c20-15-17(22)27-16(21)14(26-15)18(30)28-19-24-10-12(25-19)7-4-8-23-13(29)9-11-5-2-1-3-6-11/h1-3,5-6,12-13,23,29H,4,7-10H2,(H4,21,22,27)(H2,24,25,28,30)/t12-,13?/m0/s1. The second-order valence-corrected chi connectivity index (χ2v) is 7.28. The number of rotatable bonds is 8. The van der Waals surface area contributed by atoms with E-state index in [2.05, 4.69) is 30.9 Å². The molecule has 8 N–H and O–H groups in total. The molecule has 0 saturated carbocycles. The third-order valence-corrected chi connectivity index (χ3v) is 4.82. The summed E-state index contributed by atoms with van der Waals surface area (Å²) in [5, 5.41) is 18.8. The van der Waals surface area contributed by atoms with Crippen LogP contribution in [0.1, 0.15) is 28.9 Å². The van der Waals surface area contributed by atoms with Crippen LogP contribution < -0.4 is 27.4 Å². The van der Waals surface area contributed by atoms with Gasteiger partial charge < -0.3 is 21.9 Å². The van der Waals surface area contributed by atoms with Crippen LogP contribution >= 0.6 is 11.6 Å². The predicted octanol–water partition coefficient (Wildman–Crippen LogP) is 0.283. The number of hydrogen-bond acceptors (Lipinski definition) is 9. The number of nitrogen functional groups attached to an aromatic ring is 2. The Morgan fingerprint density at radius 3 is 2.80 bits per heavy atom. The van der Waals surface area contributed by atoms with E-state index >= 15 is 0 Å². The highest BCUT2D eigenvalue weighted by molar-refractivity contribution is 6.31. The third kappa shape index (κ3) is 6.02. The maximum atomic E-state index is 12.3. The van der Waals surface area contributed by atoms with Gasteiger partial charge in [0.15, 0.2) is 28.4 Å². The molecule has 2 heterocycles. The van der Waals surface area contributed by atoms with E-state index in [9.17, 15) is 9.90 Å². The number of aliphatic hydroxyl groups is 1. The molecule has 1 aliphatic rings. The van der Waals surface area contributed by atoms with Crippen LogP contribution in [0.3, 0.4) is 0 Å². The maximum Gasteiger partial charge on any atom is 0.280 e. The summed E-state index contributed by atoms with van der Waals surface area (Å²) in [6.45, 7) is 1.20. The number of halogens is 1. The van der Waals surface area contributed by atoms with Crippen molar-refractivity contribution in [3.8, 4) is 0 Å². The summed E-state index contributed by atoms with van der Waals surface area (Å²) in [5.74, 6) is -0.370. The fourth-order valence-corrected chi connectivity index (χ4v) is 3.15. The number of carbonyl (C=O) groups excluding carboxylic acids is 1. The van der Waals surface area contributed by atoms with Crippen LogP contribution in [0.2, 0.25) is 5.15 Å². The Hall–Kier alpha value is -2.95. The molecule has 1 aromatic heterocycles. The predicted molar refractivity (Wildman–Crippen MR) is 116 cm³/mol. The smallest absolute Gasteiger partial charge is 0.280 e. The first-order valence-electron chi connectivity index (χ1n) is 9.58. The summed E-state index contributed by atoms with van der Waals surface area (Å²) in [6, 6.07) is 9.91. The monoisotopic (exact) mass is 432 g/mol. The van der Waals surface area contributed by atoms with Crippen LogP contribution in [0, 0.1) is 0 Å². The van der Waals surface area contributed by atoms with Crippen LogP contribution in [-0.2, 0) is 6.42 Å². The number of hydrogen-bond donors (Lipinski definition) is 6. The summed E-state index contributed by atoms with van der Waals surface area (Å²) in [6.07, 6.45) is 1.63. The minimum Gasteiger partial charge on any atom is -0.382 e. The van der Waals surface area contributed by atoms with E-state index in [-0.39, 0.29) is 28.5 Å². The molecular formula is C19H25ClN8O2. The van der Waals surface area contributed by atoms with Crippen molar-refractivity contribution in [1.82, 2.24) is 25.9 Å². The number of guanidine groups is 1. The molecule has 3 rings (SSSR count). The van der Waals surface area contributed by atoms with Crippen LogP contribution in [0.15, 0.2) is 35.3 Å². The first-order chi connectivity index (χ1) is 14.4. The molecule has 2 aromatic rings. The molecule has 0 spiro atoms. The minimum atomic E-state index is -0.590. The molecule has 1 aliphatic heterocycles. The Morgan fingerprint density at radius 1 is 1.27 bits per heavy atom. The van der Waals surface area contributed by atoms with E-state index in [1.807, 2.05) is 30.3 Å². The zero-order chi connectivity index (χ0) is 21.5. The molecule has 0 fully saturated rings. The molecule has 10 nitrogen and oxygen atoms in total. The van der Waals surface area contributed by atoms with Crippen LogP contribution in [0.25, 0.3) is 0 Å². The first kappa shape index (κ1) is 21.8. The average molecular weight is 433 g/mol. The lowest BCUT2D eigenvalue weighted by atomic mass is 10.1. The molecule has 160 valence electrons. The molecule has 2 atom stereocenters. The van der Waals surface area contributed by atoms with Gasteiger partial charge in [-0.25, -0.2) is 9.97 Å². The lowest BCUT2D eigenvalue weighted by Crippen LogP contribution is -2.42. The lowest BCUT2D eigenvalue weighted by molar-refractivity contribution is 0.0971. The molecule has 0 bridgehead atoms. The maximum absolute atomic E-state index is 12.3. The number of carbonyl (C=O) groups is 1. The van der Waals surface area contributed by atoms with Gasteiger partial charge in [0.1, 0.15) is 6.23 Å². The van der Waals surface area contributed by atoms with Gasteiger partial charge in [0.25, 0.3) is 5.91 Å². The Labute approximate surface area is 179 Å². The molecule has 11 heteroatoms. The van der Waals surface area contributed by atoms with Crippen molar-refractivity contribution in [2.75, 3.05) is 24.6 Å². The number of anilines is 2. The number of aromatic nitrogens is 2. The van der Waals surface area contributed by atoms with Crippen LogP contribution in [-0.4, -0.2) is 52.3 Å². The number of nitrogens with zero attached hydrogens (tertiary/aromatic N) is 3. The Kier molecular flexibility index (Phi) is 7.39. The Morgan fingerprint density at radius 2 is 2.03 bits per heavy atom. The van der Waals surface area contributed by atoms with Gasteiger partial charge in [-0.3, -0.25) is 20.4 Å². The van der Waals surface area contributed by atoms with E-state index in [1.54, 1.807) is 0 Å². The van der Waals surface area contributed by atoms with Crippen molar-refractivity contribution < 1.29 is 9.90 Å². The zero-order valence-electron chi connectivity index (χ0n) is 16.3. The molecule has 30 heavy (non-hydrogen) atoms. The summed E-state index contributed by atoms with van der Waals surface area (Å²) in [4.78, 5) is 24.3. The van der Waals surface area contributed by atoms with Crippen LogP contribution in [0.5, 0.6) is 0 Å². The largest absolute Gasteiger partial charge is 0.382 e. The van der Waals surface area contributed by atoms with Gasteiger partial charge in [0, 0.05) is 12.5 Å². The topological polar surface area (TPSA) is 164 Å². The van der Waals surface area contributed by atoms with Crippen molar-refractivity contribution in [2.24, 2.45) is 4.99 Å². The van der Waals surface area contributed by atoms with Crippen molar-refractivity contribution in [3.05, 3.63) is 46.7 Å². The van der Waals surface area contributed by atoms with Crippen molar-refractivity contribution in [3.63, 3.8) is 0 Å².